The number of hydrogen-bond donors (Lipinski definition) is 1. The van der Waals surface area contributed by atoms with E-state index in [0.29, 0.717) is 10.6 Å². The fraction of sp³-hybridized carbons (Fsp3) is 0.462. The van der Waals surface area contributed by atoms with Crippen LogP contribution in [-0.4, -0.2) is 12.5 Å². The molecule has 1 fully saturated rings. The summed E-state index contributed by atoms with van der Waals surface area (Å²) in [7, 11) is 0. The maximum atomic E-state index is 11.9. The van der Waals surface area contributed by atoms with Gasteiger partial charge in [-0.25, -0.2) is 0 Å². The number of benzene rings is 1. The van der Waals surface area contributed by atoms with E-state index in [1.165, 1.54) is 19.3 Å². The molecule has 0 atom stereocenters. The van der Waals surface area contributed by atoms with Crippen LogP contribution in [0.5, 0.6) is 0 Å². The molecule has 4 heteroatoms. The number of carbonyl (C=O) groups excluding carboxylic acids is 1. The van der Waals surface area contributed by atoms with Crippen LogP contribution in [0.3, 0.4) is 0 Å². The highest BCUT2D eigenvalue weighted by Crippen LogP contribution is 2.28. The van der Waals surface area contributed by atoms with Crippen molar-refractivity contribution in [1.82, 2.24) is 5.32 Å². The van der Waals surface area contributed by atoms with Gasteiger partial charge in [-0.1, -0.05) is 30.9 Å². The summed E-state index contributed by atoms with van der Waals surface area (Å²) in [4.78, 5) is 11.9. The highest BCUT2D eigenvalue weighted by Gasteiger charge is 2.17. The van der Waals surface area contributed by atoms with Crippen molar-refractivity contribution in [3.05, 3.63) is 32.4 Å². The molecule has 1 amide bonds. The van der Waals surface area contributed by atoms with Gasteiger partial charge in [0.15, 0.2) is 0 Å². The van der Waals surface area contributed by atoms with Crippen LogP contribution in [0, 0.1) is 9.49 Å². The van der Waals surface area contributed by atoms with Gasteiger partial charge in [-0.05, 0) is 53.1 Å². The molecule has 0 aliphatic heterocycles. The predicted octanol–water partition coefficient (Wildman–Crippen LogP) is 3.86. The first-order valence-corrected chi connectivity index (χ1v) is 7.36. The molecule has 0 aromatic heterocycles. The van der Waals surface area contributed by atoms with Crippen molar-refractivity contribution in [3.63, 3.8) is 0 Å². The molecule has 0 radical (unpaired) electrons. The molecule has 1 saturated carbocycles. The number of rotatable bonds is 4. The second-order valence-corrected chi connectivity index (χ2v) is 6.06. The monoisotopic (exact) mass is 363 g/mol. The van der Waals surface area contributed by atoms with Crippen molar-refractivity contribution in [3.8, 4) is 0 Å². The summed E-state index contributed by atoms with van der Waals surface area (Å²) in [5.41, 5.74) is 0.673. The summed E-state index contributed by atoms with van der Waals surface area (Å²) in [6, 6.07) is 5.39. The third-order valence-corrected chi connectivity index (χ3v) is 4.41. The molecule has 1 aliphatic carbocycles. The Bertz CT molecular complexity index is 418. The summed E-state index contributed by atoms with van der Waals surface area (Å²) in [5, 5.41) is 3.57. The van der Waals surface area contributed by atoms with Crippen molar-refractivity contribution in [2.24, 2.45) is 5.92 Å². The van der Waals surface area contributed by atoms with Crippen LogP contribution in [0.15, 0.2) is 18.2 Å². The van der Waals surface area contributed by atoms with Crippen molar-refractivity contribution < 1.29 is 4.79 Å². The van der Waals surface area contributed by atoms with E-state index in [0.717, 1.165) is 22.5 Å². The number of hydrogen-bond acceptors (Lipinski definition) is 1. The highest BCUT2D eigenvalue weighted by molar-refractivity contribution is 14.1. The lowest BCUT2D eigenvalue weighted by Crippen LogP contribution is -2.27. The van der Waals surface area contributed by atoms with Gasteiger partial charge in [0.25, 0.3) is 5.91 Å². The Hall–Kier alpha value is -0.290. The van der Waals surface area contributed by atoms with Crippen molar-refractivity contribution in [2.75, 3.05) is 6.54 Å². The average Bonchev–Trinajstić information content (AvgIpc) is 2.25. The van der Waals surface area contributed by atoms with E-state index in [1.807, 2.05) is 6.07 Å². The molecule has 92 valence electrons. The Kier molecular flexibility index (Phi) is 4.68. The van der Waals surface area contributed by atoms with E-state index < -0.39 is 0 Å². The smallest absolute Gasteiger partial charge is 0.252 e. The van der Waals surface area contributed by atoms with E-state index in [2.05, 4.69) is 27.9 Å². The molecule has 2 nitrogen and oxygen atoms in total. The van der Waals surface area contributed by atoms with E-state index in [4.69, 9.17) is 11.6 Å². The first kappa shape index (κ1) is 13.1. The molecule has 1 N–H and O–H groups in total. The Morgan fingerprint density at radius 2 is 2.24 bits per heavy atom. The van der Waals surface area contributed by atoms with Crippen LogP contribution in [0.4, 0.5) is 0 Å². The van der Waals surface area contributed by atoms with Crippen LogP contribution in [0.1, 0.15) is 36.0 Å². The van der Waals surface area contributed by atoms with E-state index in [-0.39, 0.29) is 5.91 Å². The Labute approximate surface area is 120 Å². The zero-order chi connectivity index (χ0) is 12.3. The molecule has 0 heterocycles. The van der Waals surface area contributed by atoms with E-state index in [9.17, 15) is 4.79 Å². The third kappa shape index (κ3) is 3.58. The van der Waals surface area contributed by atoms with Crippen LogP contribution >= 0.6 is 34.2 Å². The molecule has 0 unspecified atom stereocenters. The quantitative estimate of drug-likeness (QED) is 0.809. The van der Waals surface area contributed by atoms with Crippen molar-refractivity contribution in [1.29, 1.82) is 0 Å². The summed E-state index contributed by atoms with van der Waals surface area (Å²) < 4.78 is 0.938. The Morgan fingerprint density at radius 3 is 2.88 bits per heavy atom. The highest BCUT2D eigenvalue weighted by atomic mass is 127. The summed E-state index contributed by atoms with van der Waals surface area (Å²) in [6.07, 6.45) is 5.10. The van der Waals surface area contributed by atoms with Crippen LogP contribution in [-0.2, 0) is 0 Å². The molecule has 2 rings (SSSR count). The Balaban J connectivity index is 1.87. The molecule has 0 saturated heterocycles. The minimum Gasteiger partial charge on any atom is -0.352 e. The minimum atomic E-state index is -0.0174. The van der Waals surface area contributed by atoms with Crippen LogP contribution in [0.2, 0.25) is 5.02 Å². The van der Waals surface area contributed by atoms with Crippen molar-refractivity contribution >= 4 is 40.1 Å². The third-order valence-electron chi connectivity index (χ3n) is 3.24. The van der Waals surface area contributed by atoms with Gasteiger partial charge in [-0.2, -0.15) is 0 Å². The van der Waals surface area contributed by atoms with E-state index in [1.54, 1.807) is 12.1 Å². The van der Waals surface area contributed by atoms with Crippen LogP contribution < -0.4 is 5.32 Å². The normalized spacial score (nSPS) is 15.4. The fourth-order valence-electron chi connectivity index (χ4n) is 1.94. The van der Waals surface area contributed by atoms with Gasteiger partial charge in [0.1, 0.15) is 0 Å². The molecule has 0 spiro atoms. The van der Waals surface area contributed by atoms with Crippen LogP contribution in [0.25, 0.3) is 0 Å². The van der Waals surface area contributed by atoms with Gasteiger partial charge in [0.05, 0.1) is 5.56 Å². The molecule has 1 aromatic rings. The lowest BCUT2D eigenvalue weighted by atomic mass is 9.83. The standard InChI is InChI=1S/C13H15ClINO/c14-10-4-5-12(15)11(8-10)13(17)16-7-6-9-2-1-3-9/h4-5,8-9H,1-3,6-7H2,(H,16,17). The predicted molar refractivity (Wildman–Crippen MR) is 78.5 cm³/mol. The van der Waals surface area contributed by atoms with Gasteiger partial charge < -0.3 is 5.32 Å². The maximum Gasteiger partial charge on any atom is 0.252 e. The van der Waals surface area contributed by atoms with E-state index >= 15 is 0 Å². The van der Waals surface area contributed by atoms with Gasteiger partial charge in [-0.3, -0.25) is 4.79 Å². The SMILES string of the molecule is O=C(NCCC1CCC1)c1cc(Cl)ccc1I. The molecule has 0 bridgehead atoms. The number of halogens is 2. The largest absolute Gasteiger partial charge is 0.352 e. The average molecular weight is 364 g/mol. The van der Waals surface area contributed by atoms with Gasteiger partial charge in [-0.15, -0.1) is 0 Å². The van der Waals surface area contributed by atoms with Gasteiger partial charge in [0.2, 0.25) is 0 Å². The second-order valence-electron chi connectivity index (χ2n) is 4.47. The van der Waals surface area contributed by atoms with Gasteiger partial charge >= 0.3 is 0 Å². The maximum absolute atomic E-state index is 11.9. The van der Waals surface area contributed by atoms with Gasteiger partial charge in [0, 0.05) is 15.1 Å². The second kappa shape index (κ2) is 6.05. The lowest BCUT2D eigenvalue weighted by Gasteiger charge is -2.25. The lowest BCUT2D eigenvalue weighted by molar-refractivity contribution is 0.0948. The summed E-state index contributed by atoms with van der Waals surface area (Å²) in [6.45, 7) is 0.770. The zero-order valence-corrected chi connectivity index (χ0v) is 12.4. The molecule has 1 aromatic carbocycles. The summed E-state index contributed by atoms with van der Waals surface area (Å²) >= 11 is 8.05. The van der Waals surface area contributed by atoms with Crippen molar-refractivity contribution in [2.45, 2.75) is 25.7 Å². The number of nitrogens with one attached hydrogen (secondary N) is 1. The molecule has 17 heavy (non-hydrogen) atoms. The first-order valence-electron chi connectivity index (χ1n) is 5.90. The number of carbonyl (C=O) groups is 1. The zero-order valence-electron chi connectivity index (χ0n) is 9.51. The topological polar surface area (TPSA) is 29.1 Å². The number of amides is 1. The molecular formula is C13H15ClINO. The fourth-order valence-corrected chi connectivity index (χ4v) is 2.69. The Morgan fingerprint density at radius 1 is 1.47 bits per heavy atom. The molecular weight excluding hydrogens is 349 g/mol. The minimum absolute atomic E-state index is 0.0174. The molecule has 1 aliphatic rings. The summed E-state index contributed by atoms with van der Waals surface area (Å²) in [5.74, 6) is 0.810. The first-order chi connectivity index (χ1) is 8.16.